The summed E-state index contributed by atoms with van der Waals surface area (Å²) in [7, 11) is 0. The van der Waals surface area contributed by atoms with E-state index >= 15 is 0 Å². The first-order valence-corrected chi connectivity index (χ1v) is 8.26. The molecule has 1 atom stereocenters. The standard InChI is InChI=1S/C17H15N3O3S/c18-8-12-4-1-2-5-14(12)10-24-11-15(17(22)23)20-16(21)13-6-3-7-19-9-13/h1-7,9,15H,10-11H2,(H,20,21)(H,22,23)/t15-/m0/s1. The molecule has 6 nitrogen and oxygen atoms in total. The number of nitriles is 1. The fraction of sp³-hybridized carbons (Fsp3) is 0.176. The fourth-order valence-corrected chi connectivity index (χ4v) is 3.01. The largest absolute Gasteiger partial charge is 0.480 e. The lowest BCUT2D eigenvalue weighted by Crippen LogP contribution is -2.42. The topological polar surface area (TPSA) is 103 Å². The Morgan fingerprint density at radius 1 is 1.29 bits per heavy atom. The highest BCUT2D eigenvalue weighted by atomic mass is 32.2. The molecule has 0 aliphatic rings. The Morgan fingerprint density at radius 2 is 2.08 bits per heavy atom. The number of benzene rings is 1. The molecule has 7 heteroatoms. The summed E-state index contributed by atoms with van der Waals surface area (Å²) in [6, 6.07) is 11.4. The van der Waals surface area contributed by atoms with Gasteiger partial charge in [0.05, 0.1) is 17.2 Å². The van der Waals surface area contributed by atoms with Crippen molar-refractivity contribution in [2.24, 2.45) is 0 Å². The van der Waals surface area contributed by atoms with Crippen molar-refractivity contribution in [1.29, 1.82) is 5.26 Å². The van der Waals surface area contributed by atoms with Crippen LogP contribution in [0.3, 0.4) is 0 Å². The van der Waals surface area contributed by atoms with Crippen molar-refractivity contribution in [2.45, 2.75) is 11.8 Å². The zero-order chi connectivity index (χ0) is 17.4. The lowest BCUT2D eigenvalue weighted by atomic mass is 10.1. The molecule has 2 rings (SSSR count). The van der Waals surface area contributed by atoms with Gasteiger partial charge in [-0.25, -0.2) is 4.79 Å². The number of carbonyl (C=O) groups excluding carboxylic acids is 1. The molecule has 0 aliphatic heterocycles. The van der Waals surface area contributed by atoms with E-state index in [1.165, 1.54) is 24.2 Å². The summed E-state index contributed by atoms with van der Waals surface area (Å²) in [6.07, 6.45) is 2.92. The Balaban J connectivity index is 1.93. The first-order valence-electron chi connectivity index (χ1n) is 7.11. The first kappa shape index (κ1) is 17.5. The van der Waals surface area contributed by atoms with E-state index < -0.39 is 17.9 Å². The Labute approximate surface area is 143 Å². The minimum atomic E-state index is -1.10. The van der Waals surface area contributed by atoms with Gasteiger partial charge in [-0.15, -0.1) is 0 Å². The molecule has 1 aromatic carbocycles. The third-order valence-electron chi connectivity index (χ3n) is 3.21. The monoisotopic (exact) mass is 341 g/mol. The number of aliphatic carboxylic acids is 1. The second-order valence-corrected chi connectivity index (χ2v) is 5.92. The third kappa shape index (κ3) is 4.83. The minimum absolute atomic E-state index is 0.196. The van der Waals surface area contributed by atoms with Crippen LogP contribution in [0.25, 0.3) is 0 Å². The van der Waals surface area contributed by atoms with Crippen LogP contribution in [0.4, 0.5) is 0 Å². The number of carboxylic acid groups (broad SMARTS) is 1. The summed E-state index contributed by atoms with van der Waals surface area (Å²) in [5, 5.41) is 20.8. The van der Waals surface area contributed by atoms with Crippen LogP contribution in [0.1, 0.15) is 21.5 Å². The maximum absolute atomic E-state index is 12.0. The van der Waals surface area contributed by atoms with Gasteiger partial charge < -0.3 is 10.4 Å². The number of hydrogen-bond donors (Lipinski definition) is 2. The molecule has 1 amide bonds. The number of pyridine rings is 1. The molecule has 0 spiro atoms. The fourth-order valence-electron chi connectivity index (χ4n) is 1.96. The van der Waals surface area contributed by atoms with Gasteiger partial charge in [0.25, 0.3) is 5.91 Å². The second kappa shape index (κ2) is 8.70. The highest BCUT2D eigenvalue weighted by Gasteiger charge is 2.20. The van der Waals surface area contributed by atoms with Crippen LogP contribution >= 0.6 is 11.8 Å². The van der Waals surface area contributed by atoms with E-state index in [0.717, 1.165) is 5.56 Å². The molecule has 0 radical (unpaired) electrons. The van der Waals surface area contributed by atoms with Crippen LogP contribution in [0, 0.1) is 11.3 Å². The van der Waals surface area contributed by atoms with Crippen LogP contribution in [-0.2, 0) is 10.5 Å². The predicted octanol–water partition coefficient (Wildman–Crippen LogP) is 2.07. The molecule has 0 unspecified atom stereocenters. The molecule has 0 aliphatic carbocycles. The summed E-state index contributed by atoms with van der Waals surface area (Å²) in [5.74, 6) is -0.890. The summed E-state index contributed by atoms with van der Waals surface area (Å²) in [4.78, 5) is 27.2. The average Bonchev–Trinajstić information content (AvgIpc) is 2.61. The van der Waals surface area contributed by atoms with Gasteiger partial charge in [0.1, 0.15) is 6.04 Å². The van der Waals surface area contributed by atoms with E-state index in [2.05, 4.69) is 16.4 Å². The Hall–Kier alpha value is -2.85. The van der Waals surface area contributed by atoms with Crippen molar-refractivity contribution < 1.29 is 14.7 Å². The first-order chi connectivity index (χ1) is 11.6. The molecule has 2 aromatic rings. The zero-order valence-corrected chi connectivity index (χ0v) is 13.5. The number of carboxylic acids is 1. The summed E-state index contributed by atoms with van der Waals surface area (Å²) < 4.78 is 0. The molecule has 0 saturated heterocycles. The highest BCUT2D eigenvalue weighted by molar-refractivity contribution is 7.98. The van der Waals surface area contributed by atoms with Gasteiger partial charge in [-0.05, 0) is 23.8 Å². The highest BCUT2D eigenvalue weighted by Crippen LogP contribution is 2.17. The Kier molecular flexibility index (Phi) is 6.34. The molecule has 0 bridgehead atoms. The van der Waals surface area contributed by atoms with Crippen molar-refractivity contribution in [1.82, 2.24) is 10.3 Å². The number of aromatic nitrogens is 1. The van der Waals surface area contributed by atoms with E-state index in [0.29, 0.717) is 16.9 Å². The van der Waals surface area contributed by atoms with Crippen molar-refractivity contribution in [3.63, 3.8) is 0 Å². The van der Waals surface area contributed by atoms with Gasteiger partial charge in [0, 0.05) is 23.9 Å². The van der Waals surface area contributed by atoms with Crippen molar-refractivity contribution >= 4 is 23.6 Å². The van der Waals surface area contributed by atoms with Gasteiger partial charge in [-0.2, -0.15) is 17.0 Å². The lowest BCUT2D eigenvalue weighted by Gasteiger charge is -2.14. The van der Waals surface area contributed by atoms with Crippen LogP contribution in [0.2, 0.25) is 0 Å². The number of hydrogen-bond acceptors (Lipinski definition) is 5. The van der Waals surface area contributed by atoms with Gasteiger partial charge in [0.15, 0.2) is 0 Å². The summed E-state index contributed by atoms with van der Waals surface area (Å²) in [6.45, 7) is 0. The SMILES string of the molecule is N#Cc1ccccc1CSC[C@H](NC(=O)c1cccnc1)C(=O)O. The van der Waals surface area contributed by atoms with Crippen LogP contribution in [0.5, 0.6) is 0 Å². The van der Waals surface area contributed by atoms with E-state index in [9.17, 15) is 14.7 Å². The van der Waals surface area contributed by atoms with E-state index in [1.807, 2.05) is 12.1 Å². The molecule has 24 heavy (non-hydrogen) atoms. The number of rotatable bonds is 7. The molecule has 0 fully saturated rings. The number of nitrogens with one attached hydrogen (secondary N) is 1. The van der Waals surface area contributed by atoms with Crippen molar-refractivity contribution in [2.75, 3.05) is 5.75 Å². The lowest BCUT2D eigenvalue weighted by molar-refractivity contribution is -0.138. The van der Waals surface area contributed by atoms with Gasteiger partial charge in [-0.1, -0.05) is 18.2 Å². The molecule has 1 heterocycles. The number of nitrogens with zero attached hydrogens (tertiary/aromatic N) is 2. The van der Waals surface area contributed by atoms with Crippen LogP contribution < -0.4 is 5.32 Å². The van der Waals surface area contributed by atoms with Crippen LogP contribution in [0.15, 0.2) is 48.8 Å². The Bertz CT molecular complexity index is 759. The predicted molar refractivity (Wildman–Crippen MR) is 90.4 cm³/mol. The molecule has 2 N–H and O–H groups in total. The maximum atomic E-state index is 12.0. The van der Waals surface area contributed by atoms with Crippen molar-refractivity contribution in [3.05, 3.63) is 65.5 Å². The minimum Gasteiger partial charge on any atom is -0.480 e. The maximum Gasteiger partial charge on any atom is 0.327 e. The third-order valence-corrected chi connectivity index (χ3v) is 4.29. The van der Waals surface area contributed by atoms with Gasteiger partial charge >= 0.3 is 5.97 Å². The smallest absolute Gasteiger partial charge is 0.327 e. The van der Waals surface area contributed by atoms with Gasteiger partial charge in [-0.3, -0.25) is 9.78 Å². The molecule has 122 valence electrons. The molecule has 0 saturated carbocycles. The molecular weight excluding hydrogens is 326 g/mol. The normalized spacial score (nSPS) is 11.3. The Morgan fingerprint density at radius 3 is 2.75 bits per heavy atom. The number of carbonyl (C=O) groups is 2. The molecule has 1 aromatic heterocycles. The number of thioether (sulfide) groups is 1. The van der Waals surface area contributed by atoms with Crippen molar-refractivity contribution in [3.8, 4) is 6.07 Å². The average molecular weight is 341 g/mol. The zero-order valence-electron chi connectivity index (χ0n) is 12.7. The van der Waals surface area contributed by atoms with E-state index in [4.69, 9.17) is 5.26 Å². The quantitative estimate of drug-likeness (QED) is 0.799. The molecular formula is C17H15N3O3S. The van der Waals surface area contributed by atoms with Gasteiger partial charge in [0.2, 0.25) is 0 Å². The van der Waals surface area contributed by atoms with E-state index in [-0.39, 0.29) is 5.75 Å². The van der Waals surface area contributed by atoms with E-state index in [1.54, 1.807) is 24.3 Å². The van der Waals surface area contributed by atoms with Crippen LogP contribution in [-0.4, -0.2) is 33.8 Å². The number of amides is 1. The summed E-state index contributed by atoms with van der Waals surface area (Å²) in [5.41, 5.74) is 1.72. The second-order valence-electron chi connectivity index (χ2n) is 4.89. The summed E-state index contributed by atoms with van der Waals surface area (Å²) >= 11 is 1.35.